The van der Waals surface area contributed by atoms with Crippen LogP contribution >= 0.6 is 0 Å². The van der Waals surface area contributed by atoms with Crippen molar-refractivity contribution < 1.29 is 19.5 Å². The molecule has 0 spiro atoms. The van der Waals surface area contributed by atoms with Gasteiger partial charge in [-0.3, -0.25) is 14.4 Å². The van der Waals surface area contributed by atoms with Crippen molar-refractivity contribution in [1.29, 1.82) is 0 Å². The molecule has 0 bridgehead atoms. The van der Waals surface area contributed by atoms with E-state index in [0.29, 0.717) is 6.42 Å². The monoisotopic (exact) mass is 173 g/mol. The molecule has 12 heavy (non-hydrogen) atoms. The highest BCUT2D eigenvalue weighted by Gasteiger charge is 2.49. The number of rotatable bonds is 3. The zero-order valence-corrected chi connectivity index (χ0v) is 6.98. The molecule has 1 fully saturated rings. The molecule has 1 aliphatic rings. The minimum Gasteiger partial charge on any atom is -0.481 e. The number of carboxylic acid groups (broad SMARTS) is 1. The van der Waals surface area contributed by atoms with Gasteiger partial charge in [-0.2, -0.15) is 0 Å². The average molecular weight is 173 g/mol. The average Bonchev–Trinajstić information content (AvgIpc) is 2.80. The van der Waals surface area contributed by atoms with Gasteiger partial charge in [-0.1, -0.05) is 0 Å². The molecule has 1 aliphatic carbocycles. The molecule has 5 heteroatoms. The molecule has 5 nitrogen and oxygen atoms in total. The third-order valence-electron chi connectivity index (χ3n) is 2.01. The highest BCUT2D eigenvalue weighted by atomic mass is 16.7. The first-order valence-electron chi connectivity index (χ1n) is 3.62. The SMILES string of the molecule is CON(C)C(=O)C1CC1C(=O)O. The Hall–Kier alpha value is -1.10. The van der Waals surface area contributed by atoms with Crippen LogP contribution in [0.1, 0.15) is 6.42 Å². The largest absolute Gasteiger partial charge is 0.481 e. The smallest absolute Gasteiger partial charge is 0.307 e. The van der Waals surface area contributed by atoms with Crippen LogP contribution in [0.15, 0.2) is 0 Å². The zero-order valence-electron chi connectivity index (χ0n) is 6.98. The molecule has 1 rings (SSSR count). The van der Waals surface area contributed by atoms with Crippen LogP contribution in [0.4, 0.5) is 0 Å². The van der Waals surface area contributed by atoms with Gasteiger partial charge in [0.1, 0.15) is 0 Å². The van der Waals surface area contributed by atoms with Gasteiger partial charge < -0.3 is 5.11 Å². The lowest BCUT2D eigenvalue weighted by molar-refractivity contribution is -0.171. The molecule has 1 saturated carbocycles. The van der Waals surface area contributed by atoms with Gasteiger partial charge in [-0.15, -0.1) is 0 Å². The van der Waals surface area contributed by atoms with Gasteiger partial charge in [0.25, 0.3) is 0 Å². The number of carboxylic acids is 1. The van der Waals surface area contributed by atoms with Crippen LogP contribution in [0.3, 0.4) is 0 Å². The number of amides is 1. The summed E-state index contributed by atoms with van der Waals surface area (Å²) >= 11 is 0. The summed E-state index contributed by atoms with van der Waals surface area (Å²) in [5.74, 6) is -2.05. The first kappa shape index (κ1) is 8.99. The van der Waals surface area contributed by atoms with E-state index in [1.807, 2.05) is 0 Å². The fraction of sp³-hybridized carbons (Fsp3) is 0.714. The van der Waals surface area contributed by atoms with Crippen LogP contribution in [0, 0.1) is 11.8 Å². The molecule has 68 valence electrons. The first-order valence-corrected chi connectivity index (χ1v) is 3.62. The third-order valence-corrected chi connectivity index (χ3v) is 2.01. The van der Waals surface area contributed by atoms with E-state index in [-0.39, 0.29) is 11.8 Å². The van der Waals surface area contributed by atoms with Crippen molar-refractivity contribution in [1.82, 2.24) is 5.06 Å². The summed E-state index contributed by atoms with van der Waals surface area (Å²) in [4.78, 5) is 26.2. The Morgan fingerprint density at radius 3 is 2.42 bits per heavy atom. The summed E-state index contributed by atoms with van der Waals surface area (Å²) in [6, 6.07) is 0. The first-order chi connectivity index (χ1) is 5.57. The van der Waals surface area contributed by atoms with E-state index in [1.54, 1.807) is 0 Å². The summed E-state index contributed by atoms with van der Waals surface area (Å²) < 4.78 is 0. The normalized spacial score (nSPS) is 26.5. The van der Waals surface area contributed by atoms with Crippen LogP contribution < -0.4 is 0 Å². The minimum atomic E-state index is -0.905. The fourth-order valence-corrected chi connectivity index (χ4v) is 1.06. The predicted molar refractivity (Wildman–Crippen MR) is 39.0 cm³/mol. The molecule has 0 aromatic heterocycles. The molecule has 0 heterocycles. The lowest BCUT2D eigenvalue weighted by Gasteiger charge is -2.12. The number of aliphatic carboxylic acids is 1. The second-order valence-electron chi connectivity index (χ2n) is 2.81. The minimum absolute atomic E-state index is 0.259. The number of carbonyl (C=O) groups excluding carboxylic acids is 1. The maximum Gasteiger partial charge on any atom is 0.307 e. The van der Waals surface area contributed by atoms with Crippen molar-refractivity contribution in [3.8, 4) is 0 Å². The van der Waals surface area contributed by atoms with E-state index in [4.69, 9.17) is 5.11 Å². The lowest BCUT2D eigenvalue weighted by atomic mass is 10.3. The van der Waals surface area contributed by atoms with E-state index in [9.17, 15) is 9.59 Å². The summed E-state index contributed by atoms with van der Waals surface area (Å²) in [6.07, 6.45) is 0.432. The van der Waals surface area contributed by atoms with Crippen LogP contribution in [0.5, 0.6) is 0 Å². The van der Waals surface area contributed by atoms with Crippen molar-refractivity contribution in [3.05, 3.63) is 0 Å². The topological polar surface area (TPSA) is 66.8 Å². The molecule has 0 saturated heterocycles. The van der Waals surface area contributed by atoms with E-state index in [0.717, 1.165) is 5.06 Å². The van der Waals surface area contributed by atoms with Crippen LogP contribution in [0.25, 0.3) is 0 Å². The quantitative estimate of drug-likeness (QED) is 0.596. The Kier molecular flexibility index (Phi) is 2.32. The Morgan fingerprint density at radius 1 is 1.50 bits per heavy atom. The standard InChI is InChI=1S/C7H11NO4/c1-8(12-2)6(9)4-3-5(4)7(10)11/h4-5H,3H2,1-2H3,(H,10,11). The third kappa shape index (κ3) is 1.55. The Bertz CT molecular complexity index is 215. The van der Waals surface area contributed by atoms with Crippen molar-refractivity contribution in [3.63, 3.8) is 0 Å². The van der Waals surface area contributed by atoms with Crippen LogP contribution in [-0.4, -0.2) is 36.2 Å². The molecule has 1 N–H and O–H groups in total. The van der Waals surface area contributed by atoms with Gasteiger partial charge in [0.15, 0.2) is 0 Å². The van der Waals surface area contributed by atoms with Gasteiger partial charge in [-0.05, 0) is 6.42 Å². The molecule has 0 radical (unpaired) electrons. The Morgan fingerprint density at radius 2 is 2.08 bits per heavy atom. The Labute approximate surface area is 69.9 Å². The number of hydrogen-bond acceptors (Lipinski definition) is 3. The van der Waals surface area contributed by atoms with Crippen molar-refractivity contribution >= 4 is 11.9 Å². The van der Waals surface area contributed by atoms with Gasteiger partial charge in [0, 0.05) is 7.05 Å². The summed E-state index contributed by atoms with van der Waals surface area (Å²) in [6.45, 7) is 0. The van der Waals surface area contributed by atoms with Gasteiger partial charge in [0.05, 0.1) is 18.9 Å². The molecule has 0 aromatic rings. The van der Waals surface area contributed by atoms with E-state index < -0.39 is 11.9 Å². The zero-order chi connectivity index (χ0) is 9.30. The highest BCUT2D eigenvalue weighted by molar-refractivity contribution is 5.88. The summed E-state index contributed by atoms with van der Waals surface area (Å²) in [5, 5.41) is 9.58. The Balaban J connectivity index is 2.43. The number of nitrogens with zero attached hydrogens (tertiary/aromatic N) is 1. The van der Waals surface area contributed by atoms with Crippen molar-refractivity contribution in [2.75, 3.05) is 14.2 Å². The van der Waals surface area contributed by atoms with Crippen molar-refractivity contribution in [2.24, 2.45) is 11.8 Å². The highest BCUT2D eigenvalue weighted by Crippen LogP contribution is 2.39. The molecule has 2 unspecified atom stereocenters. The van der Waals surface area contributed by atoms with E-state index in [2.05, 4.69) is 4.84 Å². The lowest BCUT2D eigenvalue weighted by Crippen LogP contribution is -2.28. The molecule has 0 aromatic carbocycles. The fourth-order valence-electron chi connectivity index (χ4n) is 1.06. The van der Waals surface area contributed by atoms with Gasteiger partial charge in [0.2, 0.25) is 5.91 Å². The van der Waals surface area contributed by atoms with Crippen LogP contribution in [-0.2, 0) is 14.4 Å². The molecular weight excluding hydrogens is 162 g/mol. The summed E-state index contributed by atoms with van der Waals surface area (Å²) in [5.41, 5.74) is 0. The summed E-state index contributed by atoms with van der Waals surface area (Å²) in [7, 11) is 2.84. The van der Waals surface area contributed by atoms with Gasteiger partial charge in [-0.25, -0.2) is 5.06 Å². The predicted octanol–water partition coefficient (Wildman–Crippen LogP) is -0.273. The maximum atomic E-state index is 11.2. The van der Waals surface area contributed by atoms with Crippen molar-refractivity contribution in [2.45, 2.75) is 6.42 Å². The number of carbonyl (C=O) groups is 2. The van der Waals surface area contributed by atoms with E-state index in [1.165, 1.54) is 14.2 Å². The second kappa shape index (κ2) is 3.10. The maximum absolute atomic E-state index is 11.2. The molecule has 1 amide bonds. The molecule has 0 aliphatic heterocycles. The number of hydroxylamine groups is 2. The molecular formula is C7H11NO4. The van der Waals surface area contributed by atoms with Crippen LogP contribution in [0.2, 0.25) is 0 Å². The van der Waals surface area contributed by atoms with Gasteiger partial charge >= 0.3 is 5.97 Å². The second-order valence-corrected chi connectivity index (χ2v) is 2.81. The number of hydrogen-bond donors (Lipinski definition) is 1. The van der Waals surface area contributed by atoms with E-state index >= 15 is 0 Å². The molecule has 2 atom stereocenters.